The number of phenolic OH excluding ortho intramolecular Hbond substituents is 1. The van der Waals surface area contributed by atoms with Gasteiger partial charge in [0.2, 0.25) is 11.8 Å². The fourth-order valence-electron chi connectivity index (χ4n) is 3.88. The number of carbonyl (C=O) groups excluding carboxylic acids is 2. The number of unbranched alkanes of at least 4 members (excludes halogenated alkanes) is 9. The van der Waals surface area contributed by atoms with Crippen LogP contribution in [0, 0.1) is 20.8 Å². The zero-order valence-corrected chi connectivity index (χ0v) is 22.8. The van der Waals surface area contributed by atoms with Crippen LogP contribution in [0.1, 0.15) is 101 Å². The average molecular weight is 494 g/mol. The highest BCUT2D eigenvalue weighted by molar-refractivity contribution is 8.00. The van der Waals surface area contributed by atoms with Crippen molar-refractivity contribution in [3.63, 3.8) is 0 Å². The number of thioether (sulfide) groups is 1. The number of hydrazine groups is 1. The Bertz CT molecular complexity index is 755. The third-order valence-corrected chi connectivity index (χ3v) is 7.75. The number of hydrogen-bond donors (Lipinski definition) is 4. The summed E-state index contributed by atoms with van der Waals surface area (Å²) in [6.07, 6.45) is 13.9. The molecule has 0 saturated heterocycles. The zero-order chi connectivity index (χ0) is 25.3. The third-order valence-electron chi connectivity index (χ3n) is 6.27. The van der Waals surface area contributed by atoms with Gasteiger partial charge in [0, 0.05) is 5.69 Å². The number of aromatic hydroxyl groups is 1. The molecule has 1 aromatic rings. The normalized spacial score (nSPS) is 11.9. The lowest BCUT2D eigenvalue weighted by Crippen LogP contribution is -2.45. The summed E-state index contributed by atoms with van der Waals surface area (Å²) < 4.78 is 0. The molecular weight excluding hydrogens is 446 g/mol. The van der Waals surface area contributed by atoms with Crippen molar-refractivity contribution in [1.82, 2.24) is 10.9 Å². The molecule has 7 heteroatoms. The number of aryl methyl sites for hydroxylation is 1. The number of anilines is 1. The number of phenols is 1. The van der Waals surface area contributed by atoms with Crippen molar-refractivity contribution in [2.45, 2.75) is 110 Å². The molecule has 0 bridgehead atoms. The highest BCUT2D eigenvalue weighted by Gasteiger charge is 2.17. The van der Waals surface area contributed by atoms with E-state index >= 15 is 0 Å². The second kappa shape index (κ2) is 17.7. The van der Waals surface area contributed by atoms with E-state index in [9.17, 15) is 14.7 Å². The van der Waals surface area contributed by atoms with Crippen molar-refractivity contribution < 1.29 is 14.7 Å². The summed E-state index contributed by atoms with van der Waals surface area (Å²) in [6.45, 7) is 9.72. The van der Waals surface area contributed by atoms with Gasteiger partial charge in [0.15, 0.2) is 0 Å². The van der Waals surface area contributed by atoms with Crippen molar-refractivity contribution >= 4 is 29.3 Å². The topological polar surface area (TPSA) is 90.5 Å². The maximum atomic E-state index is 12.5. The van der Waals surface area contributed by atoms with Gasteiger partial charge >= 0.3 is 0 Å². The maximum Gasteiger partial charge on any atom is 0.247 e. The lowest BCUT2D eigenvalue weighted by molar-refractivity contribution is -0.122. The van der Waals surface area contributed by atoms with Crippen molar-refractivity contribution in [2.75, 3.05) is 17.6 Å². The van der Waals surface area contributed by atoms with Gasteiger partial charge in [-0.3, -0.25) is 15.0 Å². The van der Waals surface area contributed by atoms with Crippen molar-refractivity contribution in [2.24, 2.45) is 0 Å². The van der Waals surface area contributed by atoms with E-state index in [0.717, 1.165) is 29.7 Å². The standard InChI is InChI=1S/C27H47N3O3S/c1-6-8-9-10-11-12-13-14-15-16-17-34-24(7-2)27(33)30-28-19-25(31)29-23-18-20(3)26(32)22(5)21(23)4/h18,24,28,32H,6-17,19H2,1-5H3,(H,29,31)(H,30,33). The number of carbonyl (C=O) groups is 2. The molecule has 34 heavy (non-hydrogen) atoms. The van der Waals surface area contributed by atoms with Crippen LogP contribution < -0.4 is 16.2 Å². The lowest BCUT2D eigenvalue weighted by atomic mass is 10.0. The van der Waals surface area contributed by atoms with Gasteiger partial charge in [-0.2, -0.15) is 0 Å². The Balaban J connectivity index is 2.20. The molecule has 0 aliphatic heterocycles. The SMILES string of the molecule is CCCCCCCCCCCCSC(CC)C(=O)NNCC(=O)Nc1cc(C)c(O)c(C)c1C. The van der Waals surface area contributed by atoms with Crippen molar-refractivity contribution in [3.05, 3.63) is 22.8 Å². The largest absolute Gasteiger partial charge is 0.507 e. The van der Waals surface area contributed by atoms with Gasteiger partial charge in [-0.1, -0.05) is 71.6 Å². The second-order valence-corrected chi connectivity index (χ2v) is 10.5. The molecule has 0 aliphatic rings. The summed E-state index contributed by atoms with van der Waals surface area (Å²) in [5.74, 6) is 0.905. The van der Waals surface area contributed by atoms with Crippen LogP contribution in [0.2, 0.25) is 0 Å². The van der Waals surface area contributed by atoms with E-state index < -0.39 is 0 Å². The van der Waals surface area contributed by atoms with Gasteiger partial charge < -0.3 is 10.4 Å². The van der Waals surface area contributed by atoms with E-state index in [1.54, 1.807) is 24.8 Å². The van der Waals surface area contributed by atoms with Crippen LogP contribution in [0.4, 0.5) is 5.69 Å². The van der Waals surface area contributed by atoms with Crippen LogP contribution in [0.25, 0.3) is 0 Å². The minimum Gasteiger partial charge on any atom is -0.507 e. The maximum absolute atomic E-state index is 12.5. The van der Waals surface area contributed by atoms with Crippen LogP contribution in [-0.2, 0) is 9.59 Å². The molecule has 2 amide bonds. The molecule has 194 valence electrons. The first kappa shape index (κ1) is 30.3. The minimum atomic E-state index is -0.251. The smallest absolute Gasteiger partial charge is 0.247 e. The number of amides is 2. The van der Waals surface area contributed by atoms with Gasteiger partial charge in [-0.05, 0) is 62.1 Å². The van der Waals surface area contributed by atoms with Gasteiger partial charge in [0.1, 0.15) is 5.75 Å². The van der Waals surface area contributed by atoms with E-state index in [1.165, 1.54) is 57.8 Å². The molecule has 0 heterocycles. The summed E-state index contributed by atoms with van der Waals surface area (Å²) in [7, 11) is 0. The predicted molar refractivity (Wildman–Crippen MR) is 145 cm³/mol. The minimum absolute atomic E-state index is 0.0241. The second-order valence-electron chi connectivity index (χ2n) is 9.18. The average Bonchev–Trinajstić information content (AvgIpc) is 2.81. The number of benzene rings is 1. The van der Waals surface area contributed by atoms with E-state index in [4.69, 9.17) is 0 Å². The first-order chi connectivity index (χ1) is 16.3. The summed E-state index contributed by atoms with van der Waals surface area (Å²) in [5.41, 5.74) is 8.39. The Morgan fingerprint density at radius 3 is 2.09 bits per heavy atom. The fourth-order valence-corrected chi connectivity index (χ4v) is 4.98. The lowest BCUT2D eigenvalue weighted by Gasteiger charge is -2.16. The predicted octanol–water partition coefficient (Wildman–Crippen LogP) is 6.31. The summed E-state index contributed by atoms with van der Waals surface area (Å²) in [6, 6.07) is 1.76. The van der Waals surface area contributed by atoms with Gasteiger partial charge in [0.25, 0.3) is 0 Å². The molecule has 1 unspecified atom stereocenters. The monoisotopic (exact) mass is 493 g/mol. The number of rotatable bonds is 18. The molecule has 1 atom stereocenters. The van der Waals surface area contributed by atoms with E-state index in [-0.39, 0.29) is 29.4 Å². The van der Waals surface area contributed by atoms with Gasteiger partial charge in [-0.25, -0.2) is 5.43 Å². The molecule has 0 radical (unpaired) electrons. The summed E-state index contributed by atoms with van der Waals surface area (Å²) in [5, 5.41) is 12.7. The third kappa shape index (κ3) is 11.6. The summed E-state index contributed by atoms with van der Waals surface area (Å²) in [4.78, 5) is 24.7. The van der Waals surface area contributed by atoms with Crippen molar-refractivity contribution in [3.8, 4) is 5.75 Å². The quantitative estimate of drug-likeness (QED) is 0.109. The zero-order valence-electron chi connectivity index (χ0n) is 22.0. The number of hydrogen-bond acceptors (Lipinski definition) is 5. The Morgan fingerprint density at radius 1 is 0.912 bits per heavy atom. The number of nitrogens with one attached hydrogen (secondary N) is 3. The molecule has 6 nitrogen and oxygen atoms in total. The van der Waals surface area contributed by atoms with Crippen LogP contribution in [0.15, 0.2) is 6.07 Å². The van der Waals surface area contributed by atoms with E-state index in [2.05, 4.69) is 23.1 Å². The Kier molecular flexibility index (Phi) is 15.7. The molecule has 0 saturated carbocycles. The molecule has 0 fully saturated rings. The van der Waals surface area contributed by atoms with Crippen LogP contribution in [0.5, 0.6) is 5.75 Å². The first-order valence-electron chi connectivity index (χ1n) is 13.1. The molecule has 0 aromatic heterocycles. The van der Waals surface area contributed by atoms with Crippen LogP contribution in [0.3, 0.4) is 0 Å². The molecule has 1 rings (SSSR count). The highest BCUT2D eigenvalue weighted by atomic mass is 32.2. The Labute approximate surface area is 211 Å². The van der Waals surface area contributed by atoms with Gasteiger partial charge in [0.05, 0.1) is 11.8 Å². The molecule has 1 aromatic carbocycles. The Morgan fingerprint density at radius 2 is 1.50 bits per heavy atom. The molecule has 0 spiro atoms. The van der Waals surface area contributed by atoms with Gasteiger partial charge in [-0.15, -0.1) is 11.8 Å². The molecular formula is C27H47N3O3S. The highest BCUT2D eigenvalue weighted by Crippen LogP contribution is 2.30. The summed E-state index contributed by atoms with van der Waals surface area (Å²) >= 11 is 1.70. The molecule has 0 aliphatic carbocycles. The van der Waals surface area contributed by atoms with Crippen molar-refractivity contribution in [1.29, 1.82) is 0 Å². The van der Waals surface area contributed by atoms with Crippen LogP contribution in [-0.4, -0.2) is 34.5 Å². The van der Waals surface area contributed by atoms with E-state index in [1.807, 2.05) is 20.8 Å². The van der Waals surface area contributed by atoms with E-state index in [0.29, 0.717) is 11.3 Å². The molecule has 4 N–H and O–H groups in total. The van der Waals surface area contributed by atoms with Crippen LogP contribution >= 0.6 is 11.8 Å². The first-order valence-corrected chi connectivity index (χ1v) is 14.1. The fraction of sp³-hybridized carbons (Fsp3) is 0.704. The Hall–Kier alpha value is -1.73.